The lowest BCUT2D eigenvalue weighted by molar-refractivity contribution is -0.115. The highest BCUT2D eigenvalue weighted by molar-refractivity contribution is 5.96. The third-order valence-electron chi connectivity index (χ3n) is 3.56. The quantitative estimate of drug-likeness (QED) is 0.616. The monoisotopic (exact) mass is 382 g/mol. The zero-order valence-corrected chi connectivity index (χ0v) is 16.6. The summed E-state index contributed by atoms with van der Waals surface area (Å²) in [5.74, 6) is -0.546. The maximum absolute atomic E-state index is 12.1. The molecule has 7 nitrogen and oxygen atoms in total. The first-order valence-corrected chi connectivity index (χ1v) is 8.96. The number of nitrogens with one attached hydrogen (secondary N) is 4. The van der Waals surface area contributed by atoms with Crippen molar-refractivity contribution >= 4 is 34.8 Å². The maximum Gasteiger partial charge on any atom is 0.251 e. The van der Waals surface area contributed by atoms with Crippen LogP contribution >= 0.6 is 0 Å². The Morgan fingerprint density at radius 2 is 1.46 bits per heavy atom. The van der Waals surface area contributed by atoms with Gasteiger partial charge in [0.15, 0.2) is 0 Å². The second-order valence-corrected chi connectivity index (χ2v) is 7.45. The number of hydrogen-bond acceptors (Lipinski definition) is 4. The van der Waals surface area contributed by atoms with E-state index in [-0.39, 0.29) is 29.8 Å². The van der Waals surface area contributed by atoms with Crippen molar-refractivity contribution in [3.8, 4) is 0 Å². The number of amides is 3. The van der Waals surface area contributed by atoms with E-state index in [4.69, 9.17) is 0 Å². The summed E-state index contributed by atoms with van der Waals surface area (Å²) >= 11 is 0. The molecule has 0 aliphatic carbocycles. The van der Waals surface area contributed by atoms with E-state index in [0.29, 0.717) is 16.9 Å². The van der Waals surface area contributed by atoms with Gasteiger partial charge in [-0.1, -0.05) is 6.07 Å². The lowest BCUT2D eigenvalue weighted by Crippen LogP contribution is -2.40. The van der Waals surface area contributed by atoms with Crippen molar-refractivity contribution in [1.29, 1.82) is 0 Å². The van der Waals surface area contributed by atoms with Crippen LogP contribution in [0.1, 0.15) is 38.1 Å². The minimum Gasteiger partial charge on any atom is -0.376 e. The summed E-state index contributed by atoms with van der Waals surface area (Å²) in [5, 5.41) is 11.3. The molecular formula is C21H26N4O3. The summed E-state index contributed by atoms with van der Waals surface area (Å²) in [6.07, 6.45) is 0. The average molecular weight is 382 g/mol. The van der Waals surface area contributed by atoms with Gasteiger partial charge >= 0.3 is 0 Å². The largest absolute Gasteiger partial charge is 0.376 e. The Morgan fingerprint density at radius 3 is 2.04 bits per heavy atom. The molecule has 0 saturated carbocycles. The van der Waals surface area contributed by atoms with E-state index in [1.165, 1.54) is 6.92 Å². The van der Waals surface area contributed by atoms with Crippen molar-refractivity contribution in [3.05, 3.63) is 54.1 Å². The Kier molecular flexibility index (Phi) is 6.76. The molecule has 0 aliphatic heterocycles. The summed E-state index contributed by atoms with van der Waals surface area (Å²) in [4.78, 5) is 35.3. The summed E-state index contributed by atoms with van der Waals surface area (Å²) in [6, 6.07) is 13.8. The number of rotatable bonds is 6. The lowest BCUT2D eigenvalue weighted by Gasteiger charge is -2.20. The first kappa shape index (κ1) is 21.0. The molecule has 0 aliphatic rings. The van der Waals surface area contributed by atoms with Gasteiger partial charge in [-0.25, -0.2) is 0 Å². The van der Waals surface area contributed by atoms with Gasteiger partial charge in [0.05, 0.1) is 6.54 Å². The minimum atomic E-state index is -0.302. The van der Waals surface area contributed by atoms with Gasteiger partial charge in [0, 0.05) is 35.1 Å². The number of anilines is 3. The van der Waals surface area contributed by atoms with E-state index in [2.05, 4.69) is 21.3 Å². The zero-order valence-electron chi connectivity index (χ0n) is 16.6. The molecule has 0 atom stereocenters. The van der Waals surface area contributed by atoms with Crippen LogP contribution in [0.15, 0.2) is 48.5 Å². The molecule has 0 unspecified atom stereocenters. The Morgan fingerprint density at radius 1 is 0.857 bits per heavy atom. The maximum atomic E-state index is 12.1. The van der Waals surface area contributed by atoms with E-state index in [1.807, 2.05) is 20.8 Å². The molecule has 0 spiro atoms. The summed E-state index contributed by atoms with van der Waals surface area (Å²) in [6.45, 7) is 7.26. The van der Waals surface area contributed by atoms with Gasteiger partial charge in [0.2, 0.25) is 11.8 Å². The molecular weight excluding hydrogens is 356 g/mol. The molecule has 148 valence electrons. The summed E-state index contributed by atoms with van der Waals surface area (Å²) in [7, 11) is 0. The third kappa shape index (κ3) is 7.11. The Balaban J connectivity index is 1.87. The van der Waals surface area contributed by atoms with E-state index in [9.17, 15) is 14.4 Å². The van der Waals surface area contributed by atoms with Crippen LogP contribution in [-0.4, -0.2) is 29.8 Å². The standard InChI is InChI=1S/C21H26N4O3/c1-14(26)23-17-6-5-7-18(12-17)24-19(27)13-22-16-10-8-15(9-11-16)20(28)25-21(2,3)4/h5-12,22H,13H2,1-4H3,(H,23,26)(H,24,27)(H,25,28). The fourth-order valence-corrected chi connectivity index (χ4v) is 2.42. The molecule has 2 aromatic carbocycles. The van der Waals surface area contributed by atoms with Crippen molar-refractivity contribution in [2.75, 3.05) is 22.5 Å². The highest BCUT2D eigenvalue weighted by Gasteiger charge is 2.15. The van der Waals surface area contributed by atoms with Crippen LogP contribution in [-0.2, 0) is 9.59 Å². The smallest absolute Gasteiger partial charge is 0.251 e. The van der Waals surface area contributed by atoms with Crippen molar-refractivity contribution < 1.29 is 14.4 Å². The second kappa shape index (κ2) is 9.03. The van der Waals surface area contributed by atoms with Crippen LogP contribution < -0.4 is 21.3 Å². The molecule has 2 rings (SSSR count). The lowest BCUT2D eigenvalue weighted by atomic mass is 10.1. The number of carbonyl (C=O) groups excluding carboxylic acids is 3. The van der Waals surface area contributed by atoms with E-state index in [0.717, 1.165) is 5.69 Å². The van der Waals surface area contributed by atoms with Crippen molar-refractivity contribution in [2.45, 2.75) is 33.2 Å². The predicted octanol–water partition coefficient (Wildman–Crippen LogP) is 3.22. The molecule has 28 heavy (non-hydrogen) atoms. The van der Waals surface area contributed by atoms with Crippen molar-refractivity contribution in [2.24, 2.45) is 0 Å². The van der Waals surface area contributed by atoms with Gasteiger partial charge in [-0.2, -0.15) is 0 Å². The molecule has 0 fully saturated rings. The van der Waals surface area contributed by atoms with Crippen LogP contribution in [0.4, 0.5) is 17.1 Å². The van der Waals surface area contributed by atoms with Crippen LogP contribution in [0.3, 0.4) is 0 Å². The molecule has 2 aromatic rings. The predicted molar refractivity (Wildman–Crippen MR) is 112 cm³/mol. The van der Waals surface area contributed by atoms with Gasteiger partial charge < -0.3 is 21.3 Å². The van der Waals surface area contributed by atoms with Crippen LogP contribution in [0.25, 0.3) is 0 Å². The fourth-order valence-electron chi connectivity index (χ4n) is 2.42. The fraction of sp³-hybridized carbons (Fsp3) is 0.286. The van der Waals surface area contributed by atoms with Gasteiger partial charge in [0.25, 0.3) is 5.91 Å². The molecule has 0 saturated heterocycles. The zero-order chi connectivity index (χ0) is 20.7. The van der Waals surface area contributed by atoms with Gasteiger partial charge in [-0.15, -0.1) is 0 Å². The highest BCUT2D eigenvalue weighted by Crippen LogP contribution is 2.15. The topological polar surface area (TPSA) is 99.3 Å². The van der Waals surface area contributed by atoms with Crippen LogP contribution in [0.5, 0.6) is 0 Å². The van der Waals surface area contributed by atoms with E-state index < -0.39 is 0 Å². The number of benzene rings is 2. The van der Waals surface area contributed by atoms with E-state index in [1.54, 1.807) is 48.5 Å². The van der Waals surface area contributed by atoms with Gasteiger partial charge in [0.1, 0.15) is 0 Å². The minimum absolute atomic E-state index is 0.0674. The van der Waals surface area contributed by atoms with Gasteiger partial charge in [-0.05, 0) is 63.2 Å². The summed E-state index contributed by atoms with van der Waals surface area (Å²) < 4.78 is 0. The molecule has 0 heterocycles. The molecule has 0 bridgehead atoms. The van der Waals surface area contributed by atoms with Crippen molar-refractivity contribution in [1.82, 2.24) is 5.32 Å². The van der Waals surface area contributed by atoms with Crippen LogP contribution in [0.2, 0.25) is 0 Å². The Bertz CT molecular complexity index is 855. The molecule has 3 amide bonds. The normalized spacial score (nSPS) is 10.7. The molecule has 7 heteroatoms. The first-order chi connectivity index (χ1) is 13.1. The van der Waals surface area contributed by atoms with Gasteiger partial charge in [-0.3, -0.25) is 14.4 Å². The highest BCUT2D eigenvalue weighted by atomic mass is 16.2. The first-order valence-electron chi connectivity index (χ1n) is 8.96. The Hall–Kier alpha value is -3.35. The molecule has 0 aromatic heterocycles. The van der Waals surface area contributed by atoms with Crippen molar-refractivity contribution in [3.63, 3.8) is 0 Å². The molecule has 4 N–H and O–H groups in total. The third-order valence-corrected chi connectivity index (χ3v) is 3.56. The number of hydrogen-bond donors (Lipinski definition) is 4. The number of carbonyl (C=O) groups is 3. The van der Waals surface area contributed by atoms with E-state index >= 15 is 0 Å². The van der Waals surface area contributed by atoms with Crippen LogP contribution in [0, 0.1) is 0 Å². The summed E-state index contributed by atoms with van der Waals surface area (Å²) in [5.41, 5.74) is 2.19. The second-order valence-electron chi connectivity index (χ2n) is 7.45. The molecule has 0 radical (unpaired) electrons. The average Bonchev–Trinajstić information content (AvgIpc) is 2.58. The Labute approximate surface area is 164 Å². The SMILES string of the molecule is CC(=O)Nc1cccc(NC(=O)CNc2ccc(C(=O)NC(C)(C)C)cc2)c1.